The molecule has 3 rings (SSSR count). The number of carbonyl (C=O) groups is 1. The Balaban J connectivity index is 2.16. The molecule has 118 valence electrons. The van der Waals surface area contributed by atoms with Gasteiger partial charge < -0.3 is 9.84 Å². The smallest absolute Gasteiger partial charge is 0.364 e. The number of aliphatic carboxylic acids is 1. The molecule has 1 fully saturated rings. The van der Waals surface area contributed by atoms with Gasteiger partial charge in [-0.1, -0.05) is 12.1 Å². The van der Waals surface area contributed by atoms with Gasteiger partial charge in [0.25, 0.3) is 0 Å². The van der Waals surface area contributed by atoms with E-state index in [2.05, 4.69) is 5.10 Å². The largest absolute Gasteiger partial charge is 0.476 e. The highest BCUT2D eigenvalue weighted by Gasteiger charge is 2.21. The third kappa shape index (κ3) is 2.81. The van der Waals surface area contributed by atoms with Crippen molar-refractivity contribution in [2.24, 2.45) is 0 Å². The van der Waals surface area contributed by atoms with E-state index in [1.807, 2.05) is 6.07 Å². The number of ether oxygens (including phenoxy) is 1. The predicted octanol–water partition coefficient (Wildman–Crippen LogP) is 3.00. The van der Waals surface area contributed by atoms with Gasteiger partial charge in [0.2, 0.25) is 5.83 Å². The number of rotatable bonds is 3. The lowest BCUT2D eigenvalue weighted by Crippen LogP contribution is -2.19. The van der Waals surface area contributed by atoms with E-state index in [1.165, 1.54) is 6.07 Å². The topological polar surface area (TPSA) is 88.1 Å². The number of nitrogens with zero attached hydrogens (tertiary/aromatic N) is 3. The monoisotopic (exact) mass is 315 g/mol. The van der Waals surface area contributed by atoms with Crippen LogP contribution in [0.15, 0.2) is 24.2 Å². The average Bonchev–Trinajstić information content (AvgIpc) is 2.99. The minimum Gasteiger partial charge on any atom is -0.476 e. The Morgan fingerprint density at radius 3 is 3.00 bits per heavy atom. The second-order valence-corrected chi connectivity index (χ2v) is 5.29. The highest BCUT2D eigenvalue weighted by Crippen LogP contribution is 2.30. The van der Waals surface area contributed by atoms with Crippen molar-refractivity contribution in [1.29, 1.82) is 5.26 Å². The van der Waals surface area contributed by atoms with Gasteiger partial charge in [0.15, 0.2) is 6.23 Å². The minimum atomic E-state index is -1.67. The van der Waals surface area contributed by atoms with E-state index in [9.17, 15) is 14.4 Å². The Hall–Kier alpha value is -2.72. The summed E-state index contributed by atoms with van der Waals surface area (Å²) in [7, 11) is 0. The van der Waals surface area contributed by atoms with Gasteiger partial charge in [0.05, 0.1) is 17.3 Å². The number of carboxylic acids is 1. The molecule has 1 aromatic carbocycles. The number of carboxylic acid groups (broad SMARTS) is 1. The Kier molecular flexibility index (Phi) is 4.08. The normalized spacial score (nSPS) is 18.8. The summed E-state index contributed by atoms with van der Waals surface area (Å²) in [5.74, 6) is -2.99. The number of fused-ring (bicyclic) bond motifs is 1. The van der Waals surface area contributed by atoms with E-state index in [0.29, 0.717) is 12.1 Å². The second kappa shape index (κ2) is 6.18. The molecule has 0 aliphatic carbocycles. The minimum absolute atomic E-state index is 0.186. The highest BCUT2D eigenvalue weighted by molar-refractivity contribution is 5.93. The maximum absolute atomic E-state index is 13.4. The molecule has 0 saturated carbocycles. The van der Waals surface area contributed by atoms with E-state index in [0.717, 1.165) is 30.7 Å². The fraction of sp³-hybridized carbons (Fsp3) is 0.312. The van der Waals surface area contributed by atoms with Crippen LogP contribution in [0.25, 0.3) is 17.0 Å². The molecular formula is C16H14FN3O3. The molecule has 1 N–H and O–H groups in total. The quantitative estimate of drug-likeness (QED) is 0.880. The number of benzene rings is 1. The summed E-state index contributed by atoms with van der Waals surface area (Å²) >= 11 is 0. The molecule has 2 aromatic rings. The van der Waals surface area contributed by atoms with Crippen molar-refractivity contribution in [2.45, 2.75) is 25.5 Å². The SMILES string of the molecule is N#Cc1c(/C=C(\F)C(=O)O)ccc2cnn(C3CCCCO3)c12. The number of hydrogen-bond donors (Lipinski definition) is 1. The molecular weight excluding hydrogens is 301 g/mol. The van der Waals surface area contributed by atoms with Crippen molar-refractivity contribution in [3.63, 3.8) is 0 Å². The van der Waals surface area contributed by atoms with Crippen molar-refractivity contribution < 1.29 is 19.0 Å². The van der Waals surface area contributed by atoms with Crippen LogP contribution in [0.3, 0.4) is 0 Å². The van der Waals surface area contributed by atoms with E-state index in [-0.39, 0.29) is 17.4 Å². The lowest BCUT2D eigenvalue weighted by atomic mass is 10.0. The molecule has 1 aliphatic rings. The molecule has 1 saturated heterocycles. The number of aromatic nitrogens is 2. The van der Waals surface area contributed by atoms with Gasteiger partial charge in [0.1, 0.15) is 6.07 Å². The van der Waals surface area contributed by atoms with Crippen LogP contribution in [0.4, 0.5) is 4.39 Å². The predicted molar refractivity (Wildman–Crippen MR) is 80.0 cm³/mol. The first-order valence-electron chi connectivity index (χ1n) is 7.24. The van der Waals surface area contributed by atoms with Gasteiger partial charge in [0, 0.05) is 12.0 Å². The van der Waals surface area contributed by atoms with Gasteiger partial charge in [-0.3, -0.25) is 0 Å². The molecule has 6 nitrogen and oxygen atoms in total. The Morgan fingerprint density at radius 1 is 1.52 bits per heavy atom. The Bertz CT molecular complexity index is 829. The highest BCUT2D eigenvalue weighted by atomic mass is 19.1. The second-order valence-electron chi connectivity index (χ2n) is 5.29. The van der Waals surface area contributed by atoms with Gasteiger partial charge in [-0.15, -0.1) is 0 Å². The molecule has 7 heteroatoms. The molecule has 1 aromatic heterocycles. The molecule has 1 aliphatic heterocycles. The van der Waals surface area contributed by atoms with Gasteiger partial charge in [-0.05, 0) is 30.9 Å². The van der Waals surface area contributed by atoms with Crippen molar-refractivity contribution in [3.05, 3.63) is 35.3 Å². The summed E-state index contributed by atoms with van der Waals surface area (Å²) in [6, 6.07) is 5.22. The summed E-state index contributed by atoms with van der Waals surface area (Å²) in [5, 5.41) is 23.2. The molecule has 23 heavy (non-hydrogen) atoms. The maximum atomic E-state index is 13.4. The van der Waals surface area contributed by atoms with Crippen LogP contribution in [0.2, 0.25) is 0 Å². The van der Waals surface area contributed by atoms with Crippen LogP contribution < -0.4 is 0 Å². The van der Waals surface area contributed by atoms with E-state index < -0.39 is 11.8 Å². The third-order valence-corrected chi connectivity index (χ3v) is 3.82. The zero-order chi connectivity index (χ0) is 16.4. The maximum Gasteiger partial charge on any atom is 0.364 e. The summed E-state index contributed by atoms with van der Waals surface area (Å²) in [5.41, 5.74) is 0.925. The summed E-state index contributed by atoms with van der Waals surface area (Å²) < 4.78 is 20.7. The van der Waals surface area contributed by atoms with Gasteiger partial charge in [-0.2, -0.15) is 14.8 Å². The molecule has 1 atom stereocenters. The number of hydrogen-bond acceptors (Lipinski definition) is 4. The van der Waals surface area contributed by atoms with Crippen LogP contribution in [-0.2, 0) is 9.53 Å². The lowest BCUT2D eigenvalue weighted by Gasteiger charge is -2.23. The van der Waals surface area contributed by atoms with Crippen LogP contribution in [0, 0.1) is 11.3 Å². The van der Waals surface area contributed by atoms with Crippen molar-refractivity contribution in [1.82, 2.24) is 9.78 Å². The Labute approximate surface area is 131 Å². The molecule has 0 radical (unpaired) electrons. The van der Waals surface area contributed by atoms with Crippen LogP contribution >= 0.6 is 0 Å². The van der Waals surface area contributed by atoms with Gasteiger partial charge in [-0.25, -0.2) is 9.48 Å². The van der Waals surface area contributed by atoms with E-state index in [1.54, 1.807) is 16.9 Å². The standard InChI is InChI=1S/C16H14FN3O3/c17-13(16(21)22)7-10-4-5-11-9-19-20(15(11)12(10)8-18)14-3-1-2-6-23-14/h4-5,7,9,14H,1-3,6H2,(H,21,22)/b13-7-. The molecule has 0 amide bonds. The van der Waals surface area contributed by atoms with Crippen molar-refractivity contribution in [2.75, 3.05) is 6.61 Å². The van der Waals surface area contributed by atoms with Crippen LogP contribution in [0.1, 0.15) is 36.6 Å². The third-order valence-electron chi connectivity index (χ3n) is 3.82. The fourth-order valence-corrected chi connectivity index (χ4v) is 2.73. The van der Waals surface area contributed by atoms with Crippen molar-refractivity contribution in [3.8, 4) is 6.07 Å². The van der Waals surface area contributed by atoms with E-state index >= 15 is 0 Å². The zero-order valence-corrected chi connectivity index (χ0v) is 12.2. The first kappa shape index (κ1) is 15.2. The molecule has 2 heterocycles. The van der Waals surface area contributed by atoms with Crippen LogP contribution in [-0.4, -0.2) is 27.5 Å². The lowest BCUT2D eigenvalue weighted by molar-refractivity contribution is -0.134. The molecule has 0 spiro atoms. The zero-order valence-electron chi connectivity index (χ0n) is 12.2. The molecule has 1 unspecified atom stereocenters. The Morgan fingerprint density at radius 2 is 2.35 bits per heavy atom. The van der Waals surface area contributed by atoms with E-state index in [4.69, 9.17) is 9.84 Å². The summed E-state index contributed by atoms with van der Waals surface area (Å²) in [4.78, 5) is 10.7. The first-order chi connectivity index (χ1) is 11.1. The summed E-state index contributed by atoms with van der Waals surface area (Å²) in [6.45, 7) is 0.626. The first-order valence-corrected chi connectivity index (χ1v) is 7.24. The van der Waals surface area contributed by atoms with Crippen LogP contribution in [0.5, 0.6) is 0 Å². The fourth-order valence-electron chi connectivity index (χ4n) is 2.73. The average molecular weight is 315 g/mol. The number of halogens is 1. The van der Waals surface area contributed by atoms with Crippen molar-refractivity contribution >= 4 is 22.9 Å². The number of nitriles is 1. The molecule has 0 bridgehead atoms. The van der Waals surface area contributed by atoms with Gasteiger partial charge >= 0.3 is 5.97 Å². The summed E-state index contributed by atoms with van der Waals surface area (Å²) in [6.07, 6.45) is 4.97.